The molecule has 0 unspecified atom stereocenters. The van der Waals surface area contributed by atoms with E-state index in [4.69, 9.17) is 0 Å². The van der Waals surface area contributed by atoms with Crippen LogP contribution in [0, 0.1) is 5.92 Å². The van der Waals surface area contributed by atoms with Crippen LogP contribution >= 0.6 is 0 Å². The van der Waals surface area contributed by atoms with Crippen molar-refractivity contribution in [2.45, 2.75) is 44.9 Å². The summed E-state index contributed by atoms with van der Waals surface area (Å²) < 4.78 is 26.6. The van der Waals surface area contributed by atoms with Gasteiger partial charge in [-0.05, 0) is 24.5 Å². The van der Waals surface area contributed by atoms with E-state index in [0.29, 0.717) is 38.5 Å². The second-order valence-corrected chi connectivity index (χ2v) is 9.87. The van der Waals surface area contributed by atoms with Crippen molar-refractivity contribution in [2.24, 2.45) is 5.92 Å². The van der Waals surface area contributed by atoms with Gasteiger partial charge in [-0.2, -0.15) is 4.31 Å². The molecule has 1 aromatic rings. The van der Waals surface area contributed by atoms with Gasteiger partial charge in [-0.1, -0.05) is 38.2 Å². The van der Waals surface area contributed by atoms with Crippen molar-refractivity contribution in [3.8, 4) is 0 Å². The average molecular weight is 409 g/mol. The Labute approximate surface area is 168 Å². The average Bonchev–Trinajstić information content (AvgIpc) is 2.74. The van der Waals surface area contributed by atoms with Gasteiger partial charge in [0.15, 0.2) is 0 Å². The number of amides is 1. The predicted octanol–water partition coefficient (Wildman–Crippen LogP) is 2.01. The topological polar surface area (TPSA) is 82.6 Å². The highest BCUT2D eigenvalue weighted by Crippen LogP contribution is 2.27. The number of carbonyl (C=O) groups is 1. The van der Waals surface area contributed by atoms with Gasteiger partial charge in [0.1, 0.15) is 5.82 Å². The van der Waals surface area contributed by atoms with Crippen molar-refractivity contribution in [1.29, 1.82) is 0 Å². The monoisotopic (exact) mass is 408 g/mol. The number of piperazine rings is 1. The lowest BCUT2D eigenvalue weighted by molar-refractivity contribution is -0.121. The number of rotatable bonds is 8. The fourth-order valence-corrected chi connectivity index (χ4v) is 5.42. The molecule has 0 radical (unpaired) electrons. The molecular formula is C20H32N4O3S. The first-order valence-electron chi connectivity index (χ1n) is 10.4. The Morgan fingerprint density at radius 1 is 1.11 bits per heavy atom. The smallest absolute Gasteiger partial charge is 0.220 e. The van der Waals surface area contributed by atoms with Gasteiger partial charge in [-0.3, -0.25) is 4.79 Å². The van der Waals surface area contributed by atoms with Crippen LogP contribution in [-0.2, 0) is 14.8 Å². The minimum absolute atomic E-state index is 0.0271. The summed E-state index contributed by atoms with van der Waals surface area (Å²) in [6.45, 7) is 2.35. The Kier molecular flexibility index (Phi) is 7.67. The summed E-state index contributed by atoms with van der Waals surface area (Å²) in [6, 6.07) is 5.74. The van der Waals surface area contributed by atoms with Crippen molar-refractivity contribution >= 4 is 21.7 Å². The van der Waals surface area contributed by atoms with E-state index in [2.05, 4.69) is 15.2 Å². The Bertz CT molecular complexity index is 712. The molecule has 1 N–H and O–H groups in total. The van der Waals surface area contributed by atoms with Crippen LogP contribution in [0.2, 0.25) is 0 Å². The Hall–Kier alpha value is -1.67. The molecule has 2 heterocycles. The highest BCUT2D eigenvalue weighted by molar-refractivity contribution is 7.89. The molecule has 0 aromatic carbocycles. The number of hydrogen-bond donors (Lipinski definition) is 1. The lowest BCUT2D eigenvalue weighted by Gasteiger charge is -2.34. The highest BCUT2D eigenvalue weighted by Gasteiger charge is 2.27. The van der Waals surface area contributed by atoms with E-state index in [9.17, 15) is 13.2 Å². The van der Waals surface area contributed by atoms with Crippen LogP contribution in [0.15, 0.2) is 24.4 Å². The van der Waals surface area contributed by atoms with Crippen LogP contribution < -0.4 is 10.2 Å². The first-order chi connectivity index (χ1) is 13.5. The van der Waals surface area contributed by atoms with E-state index < -0.39 is 10.0 Å². The van der Waals surface area contributed by atoms with Gasteiger partial charge < -0.3 is 10.2 Å². The second-order valence-electron chi connectivity index (χ2n) is 7.78. The van der Waals surface area contributed by atoms with E-state index in [1.807, 2.05) is 18.2 Å². The molecule has 1 aliphatic heterocycles. The molecule has 3 rings (SSSR count). The van der Waals surface area contributed by atoms with Crippen molar-refractivity contribution < 1.29 is 13.2 Å². The highest BCUT2D eigenvalue weighted by atomic mass is 32.2. The van der Waals surface area contributed by atoms with Gasteiger partial charge in [-0.25, -0.2) is 13.4 Å². The van der Waals surface area contributed by atoms with E-state index in [-0.39, 0.29) is 18.2 Å². The number of hydrogen-bond acceptors (Lipinski definition) is 5. The molecule has 1 aliphatic carbocycles. The molecule has 0 bridgehead atoms. The van der Waals surface area contributed by atoms with Crippen molar-refractivity contribution in [1.82, 2.24) is 14.6 Å². The van der Waals surface area contributed by atoms with Crippen molar-refractivity contribution in [3.05, 3.63) is 24.4 Å². The van der Waals surface area contributed by atoms with Gasteiger partial charge >= 0.3 is 0 Å². The molecule has 8 heteroatoms. The maximum atomic E-state index is 12.6. The summed E-state index contributed by atoms with van der Waals surface area (Å²) in [6.07, 6.45) is 9.50. The molecule has 0 atom stereocenters. The van der Waals surface area contributed by atoms with Crippen LogP contribution in [0.4, 0.5) is 5.82 Å². The summed E-state index contributed by atoms with van der Waals surface area (Å²) in [5, 5.41) is 2.79. The maximum absolute atomic E-state index is 12.6. The Morgan fingerprint density at radius 3 is 2.54 bits per heavy atom. The standard InChI is InChI=1S/C20H32N4O3S/c25-20(10-9-18-6-2-1-3-7-18)22-12-17-28(26,27)24-15-13-23(14-16-24)19-8-4-5-11-21-19/h4-5,8,11,18H,1-3,6-7,9-10,12-17H2,(H,22,25). The lowest BCUT2D eigenvalue weighted by Crippen LogP contribution is -2.50. The summed E-state index contributed by atoms with van der Waals surface area (Å²) in [7, 11) is -3.35. The molecule has 7 nitrogen and oxygen atoms in total. The van der Waals surface area contributed by atoms with E-state index in [1.54, 1.807) is 6.20 Å². The van der Waals surface area contributed by atoms with Crippen LogP contribution in [0.3, 0.4) is 0 Å². The maximum Gasteiger partial charge on any atom is 0.220 e. The van der Waals surface area contributed by atoms with Crippen LogP contribution in [-0.4, -0.2) is 62.1 Å². The number of sulfonamides is 1. The minimum atomic E-state index is -3.35. The second kappa shape index (κ2) is 10.2. The van der Waals surface area contributed by atoms with Gasteiger partial charge in [0.05, 0.1) is 5.75 Å². The lowest BCUT2D eigenvalue weighted by atomic mass is 9.86. The number of pyridine rings is 1. The van der Waals surface area contributed by atoms with Crippen molar-refractivity contribution in [3.63, 3.8) is 0 Å². The fraction of sp³-hybridized carbons (Fsp3) is 0.700. The van der Waals surface area contributed by atoms with Crippen LogP contribution in [0.25, 0.3) is 0 Å². The van der Waals surface area contributed by atoms with Gasteiger partial charge in [0, 0.05) is 45.3 Å². The zero-order valence-corrected chi connectivity index (χ0v) is 17.4. The molecule has 1 amide bonds. The SMILES string of the molecule is O=C(CCC1CCCCC1)NCCS(=O)(=O)N1CCN(c2ccccn2)CC1. The number of nitrogens with zero attached hydrogens (tertiary/aromatic N) is 3. The van der Waals surface area contributed by atoms with Crippen molar-refractivity contribution in [2.75, 3.05) is 43.4 Å². The van der Waals surface area contributed by atoms with Gasteiger partial charge in [-0.15, -0.1) is 0 Å². The fourth-order valence-electron chi connectivity index (χ4n) is 4.08. The third-order valence-corrected chi connectivity index (χ3v) is 7.66. The van der Waals surface area contributed by atoms with Crippen LogP contribution in [0.5, 0.6) is 0 Å². The predicted molar refractivity (Wildman–Crippen MR) is 111 cm³/mol. The third-order valence-electron chi connectivity index (χ3n) is 5.79. The number of nitrogens with one attached hydrogen (secondary N) is 1. The van der Waals surface area contributed by atoms with E-state index in [0.717, 1.165) is 12.2 Å². The quantitative estimate of drug-likeness (QED) is 0.711. The molecule has 1 saturated carbocycles. The summed E-state index contributed by atoms with van der Waals surface area (Å²) in [5.41, 5.74) is 0. The molecule has 28 heavy (non-hydrogen) atoms. The zero-order chi connectivity index (χ0) is 19.8. The number of aromatic nitrogens is 1. The number of carbonyl (C=O) groups excluding carboxylic acids is 1. The summed E-state index contributed by atoms with van der Waals surface area (Å²) >= 11 is 0. The number of anilines is 1. The van der Waals surface area contributed by atoms with Crippen LogP contribution in [0.1, 0.15) is 44.9 Å². The Balaban J connectivity index is 1.35. The van der Waals surface area contributed by atoms with Gasteiger partial charge in [0.25, 0.3) is 0 Å². The molecule has 1 saturated heterocycles. The van der Waals surface area contributed by atoms with E-state index in [1.165, 1.54) is 36.4 Å². The summed E-state index contributed by atoms with van der Waals surface area (Å²) in [4.78, 5) is 18.4. The minimum Gasteiger partial charge on any atom is -0.355 e. The normalized spacial score (nSPS) is 19.5. The first kappa shape index (κ1) is 21.0. The summed E-state index contributed by atoms with van der Waals surface area (Å²) in [5.74, 6) is 1.48. The molecule has 2 aliphatic rings. The molecule has 1 aromatic heterocycles. The largest absolute Gasteiger partial charge is 0.355 e. The zero-order valence-electron chi connectivity index (χ0n) is 16.6. The molecule has 2 fully saturated rings. The molecule has 156 valence electrons. The van der Waals surface area contributed by atoms with Gasteiger partial charge in [0.2, 0.25) is 15.9 Å². The Morgan fingerprint density at radius 2 is 1.86 bits per heavy atom. The third kappa shape index (κ3) is 6.17. The molecular weight excluding hydrogens is 376 g/mol. The van der Waals surface area contributed by atoms with E-state index >= 15 is 0 Å². The first-order valence-corrected chi connectivity index (χ1v) is 12.1. The molecule has 0 spiro atoms.